The zero-order valence-electron chi connectivity index (χ0n) is 13.6. The van der Waals surface area contributed by atoms with E-state index in [1.807, 2.05) is 56.3 Å². The van der Waals surface area contributed by atoms with E-state index in [2.05, 4.69) is 12.1 Å². The molecule has 0 unspecified atom stereocenters. The maximum Gasteiger partial charge on any atom is 0.362 e. The number of benzene rings is 2. The first-order valence-corrected chi connectivity index (χ1v) is 9.93. The molecule has 0 amide bonds. The predicted octanol–water partition coefficient (Wildman–Crippen LogP) is 3.70. The van der Waals surface area contributed by atoms with Crippen LogP contribution in [0.1, 0.15) is 25.0 Å². The lowest BCUT2D eigenvalue weighted by Crippen LogP contribution is -2.35. The Bertz CT molecular complexity index is 619. The van der Waals surface area contributed by atoms with Crippen molar-refractivity contribution >= 4 is 14.6 Å². The lowest BCUT2D eigenvalue weighted by Gasteiger charge is -2.17. The van der Waals surface area contributed by atoms with Crippen LogP contribution >= 0.6 is 0 Å². The van der Waals surface area contributed by atoms with E-state index in [9.17, 15) is 9.59 Å². The van der Waals surface area contributed by atoms with E-state index < -0.39 is 8.56 Å². The van der Waals surface area contributed by atoms with Gasteiger partial charge in [-0.3, -0.25) is 0 Å². The summed E-state index contributed by atoms with van der Waals surface area (Å²) in [5.74, 6) is 0.818. The number of hydrogen-bond acceptors (Lipinski definition) is 3. The lowest BCUT2D eigenvalue weighted by atomic mass is 10.2. The maximum absolute atomic E-state index is 9.91. The third-order valence-electron chi connectivity index (χ3n) is 3.75. The van der Waals surface area contributed by atoms with Gasteiger partial charge in [0.15, 0.2) is 0 Å². The van der Waals surface area contributed by atoms with Gasteiger partial charge in [-0.1, -0.05) is 62.4 Å². The summed E-state index contributed by atoms with van der Waals surface area (Å²) in [6.45, 7) is 4.27. The molecule has 0 saturated carbocycles. The molecule has 2 rings (SSSR count). The topological polar surface area (TPSA) is 49.7 Å². The van der Waals surface area contributed by atoms with Gasteiger partial charge in [-0.2, -0.15) is 0 Å². The minimum Gasteiger partial charge on any atom is -0.493 e. The standard InChI is InChI=1S/C19H24O3Si/c1-16(2)23(20,21)15-13-18-8-10-19(11-9-18)22-14-12-17-6-4-3-5-7-17/h3-11,13,15-16,20-21H,12,14H2,1-2H3/b15-13+. The van der Waals surface area contributed by atoms with E-state index in [4.69, 9.17) is 4.74 Å². The molecule has 0 spiro atoms. The van der Waals surface area contributed by atoms with Crippen LogP contribution in [0.25, 0.3) is 6.08 Å². The van der Waals surface area contributed by atoms with E-state index in [0.717, 1.165) is 17.7 Å². The highest BCUT2D eigenvalue weighted by atomic mass is 28.4. The molecule has 0 bridgehead atoms. The molecule has 122 valence electrons. The van der Waals surface area contributed by atoms with Gasteiger partial charge in [0.2, 0.25) is 0 Å². The van der Waals surface area contributed by atoms with Crippen molar-refractivity contribution < 1.29 is 14.3 Å². The molecule has 2 aromatic rings. The minimum atomic E-state index is -3.25. The average molecular weight is 328 g/mol. The molecule has 2 N–H and O–H groups in total. The first-order valence-electron chi connectivity index (χ1n) is 7.88. The summed E-state index contributed by atoms with van der Waals surface area (Å²) in [6.07, 6.45) is 2.64. The largest absolute Gasteiger partial charge is 0.493 e. The zero-order valence-corrected chi connectivity index (χ0v) is 14.6. The van der Waals surface area contributed by atoms with Crippen molar-refractivity contribution in [1.29, 1.82) is 0 Å². The highest BCUT2D eigenvalue weighted by Crippen LogP contribution is 2.18. The van der Waals surface area contributed by atoms with Crippen molar-refractivity contribution in [3.05, 3.63) is 71.4 Å². The second-order valence-corrected chi connectivity index (χ2v) is 8.98. The van der Waals surface area contributed by atoms with Crippen LogP contribution in [0.15, 0.2) is 60.3 Å². The van der Waals surface area contributed by atoms with Crippen LogP contribution in [0.2, 0.25) is 5.54 Å². The Hall–Kier alpha value is -1.88. The Morgan fingerprint density at radius 3 is 2.26 bits per heavy atom. The maximum atomic E-state index is 9.91. The van der Waals surface area contributed by atoms with E-state index in [1.165, 1.54) is 5.56 Å². The van der Waals surface area contributed by atoms with Gasteiger partial charge in [0.25, 0.3) is 0 Å². The first-order chi connectivity index (χ1) is 11.0. The fourth-order valence-electron chi connectivity index (χ4n) is 2.02. The third kappa shape index (κ3) is 5.67. The van der Waals surface area contributed by atoms with Crippen LogP contribution < -0.4 is 4.74 Å². The Morgan fingerprint density at radius 1 is 1.00 bits per heavy atom. The highest BCUT2D eigenvalue weighted by Gasteiger charge is 2.29. The Labute approximate surface area is 139 Å². The first kappa shape index (κ1) is 17.5. The number of hydrogen-bond donors (Lipinski definition) is 2. The summed E-state index contributed by atoms with van der Waals surface area (Å²) in [5, 5.41) is 0. The molecule has 0 aliphatic rings. The molecular weight excluding hydrogens is 304 g/mol. The molecule has 0 aliphatic carbocycles. The van der Waals surface area contributed by atoms with Gasteiger partial charge in [-0.25, -0.2) is 0 Å². The van der Waals surface area contributed by atoms with Gasteiger partial charge >= 0.3 is 8.56 Å². The van der Waals surface area contributed by atoms with Gasteiger partial charge < -0.3 is 14.3 Å². The molecule has 3 nitrogen and oxygen atoms in total. The van der Waals surface area contributed by atoms with Crippen LogP contribution in [0.3, 0.4) is 0 Å². The van der Waals surface area contributed by atoms with Crippen LogP contribution in [0.4, 0.5) is 0 Å². The van der Waals surface area contributed by atoms with Crippen molar-refractivity contribution in [2.24, 2.45) is 0 Å². The summed E-state index contributed by atoms with van der Waals surface area (Å²) < 4.78 is 5.73. The summed E-state index contributed by atoms with van der Waals surface area (Å²) >= 11 is 0. The quantitative estimate of drug-likeness (QED) is 0.762. The molecule has 0 saturated heterocycles. The van der Waals surface area contributed by atoms with Crippen molar-refractivity contribution in [3.8, 4) is 5.75 Å². The predicted molar refractivity (Wildman–Crippen MR) is 96.4 cm³/mol. The average Bonchev–Trinajstić information content (AvgIpc) is 2.55. The summed E-state index contributed by atoms with van der Waals surface area (Å²) in [6, 6.07) is 17.9. The third-order valence-corrected chi connectivity index (χ3v) is 6.11. The second-order valence-electron chi connectivity index (χ2n) is 5.92. The van der Waals surface area contributed by atoms with Gasteiger partial charge in [0, 0.05) is 12.0 Å². The van der Waals surface area contributed by atoms with Crippen molar-refractivity contribution in [2.45, 2.75) is 25.8 Å². The Balaban J connectivity index is 1.86. The van der Waals surface area contributed by atoms with E-state index in [-0.39, 0.29) is 5.54 Å². The molecule has 0 aliphatic heterocycles. The van der Waals surface area contributed by atoms with E-state index in [1.54, 1.807) is 11.8 Å². The van der Waals surface area contributed by atoms with Crippen LogP contribution in [-0.4, -0.2) is 24.8 Å². The lowest BCUT2D eigenvalue weighted by molar-refractivity contribution is 0.322. The zero-order chi connectivity index (χ0) is 16.7. The van der Waals surface area contributed by atoms with Gasteiger partial charge in [-0.05, 0) is 29.0 Å². The fraction of sp³-hybridized carbons (Fsp3) is 0.263. The van der Waals surface area contributed by atoms with Gasteiger partial charge in [0.1, 0.15) is 5.75 Å². The summed E-state index contributed by atoms with van der Waals surface area (Å²) in [5.41, 5.74) is 3.61. The van der Waals surface area contributed by atoms with Gasteiger partial charge in [-0.15, -0.1) is 0 Å². The highest BCUT2D eigenvalue weighted by molar-refractivity contribution is 6.72. The number of rotatable bonds is 7. The summed E-state index contributed by atoms with van der Waals surface area (Å²) in [7, 11) is -3.25. The van der Waals surface area contributed by atoms with Crippen molar-refractivity contribution in [2.75, 3.05) is 6.61 Å². The molecule has 4 heteroatoms. The fourth-order valence-corrected chi connectivity index (χ4v) is 2.84. The smallest absolute Gasteiger partial charge is 0.362 e. The number of ether oxygens (including phenoxy) is 1. The molecule has 0 heterocycles. The second kappa shape index (κ2) is 8.11. The Morgan fingerprint density at radius 2 is 1.65 bits per heavy atom. The van der Waals surface area contributed by atoms with Crippen LogP contribution in [0, 0.1) is 0 Å². The molecule has 0 fully saturated rings. The normalized spacial score (nSPS) is 12.0. The van der Waals surface area contributed by atoms with Gasteiger partial charge in [0.05, 0.1) is 6.61 Å². The van der Waals surface area contributed by atoms with E-state index in [0.29, 0.717) is 6.61 Å². The molecule has 0 radical (unpaired) electrons. The van der Waals surface area contributed by atoms with Crippen molar-refractivity contribution in [1.82, 2.24) is 0 Å². The summed E-state index contributed by atoms with van der Waals surface area (Å²) in [4.78, 5) is 19.8. The van der Waals surface area contributed by atoms with Crippen LogP contribution in [-0.2, 0) is 6.42 Å². The minimum absolute atomic E-state index is 0.126. The Kier molecular flexibility index (Phi) is 6.16. The SMILES string of the molecule is CC(C)[Si](O)(O)/C=C/c1ccc(OCCc2ccccc2)cc1. The molecular formula is C19H24O3Si. The molecule has 0 atom stereocenters. The van der Waals surface area contributed by atoms with Crippen LogP contribution in [0.5, 0.6) is 5.75 Å². The van der Waals surface area contributed by atoms with Crippen molar-refractivity contribution in [3.63, 3.8) is 0 Å². The monoisotopic (exact) mass is 328 g/mol. The molecule has 2 aromatic carbocycles. The van der Waals surface area contributed by atoms with E-state index >= 15 is 0 Å². The molecule has 0 aromatic heterocycles. The molecule has 23 heavy (non-hydrogen) atoms.